The number of rotatable bonds is 2. The van der Waals surface area contributed by atoms with Gasteiger partial charge in [-0.25, -0.2) is 0 Å². The van der Waals surface area contributed by atoms with Gasteiger partial charge >= 0.3 is 0 Å². The predicted octanol–water partition coefficient (Wildman–Crippen LogP) is 3.26. The SMILES string of the molecule is C[C@]12CCC3C(CCC4=CC(=O)CC[C@@H]43)C1[C@@H]1C[C@@H]1[C@@]2(O)C=CCO. The molecule has 5 rings (SSSR count). The fraction of sp³-hybridized carbons (Fsp3) is 0.773. The van der Waals surface area contributed by atoms with Gasteiger partial charge in [0.05, 0.1) is 12.2 Å². The van der Waals surface area contributed by atoms with E-state index in [1.165, 1.54) is 18.4 Å². The summed E-state index contributed by atoms with van der Waals surface area (Å²) in [6.45, 7) is 2.33. The zero-order valence-electron chi connectivity index (χ0n) is 15.2. The molecule has 5 aliphatic carbocycles. The minimum atomic E-state index is -0.727. The smallest absolute Gasteiger partial charge is 0.155 e. The quantitative estimate of drug-likeness (QED) is 0.757. The lowest BCUT2D eigenvalue weighted by Crippen LogP contribution is -2.54. The third-order valence-corrected chi connectivity index (χ3v) is 8.81. The van der Waals surface area contributed by atoms with Crippen molar-refractivity contribution in [3.63, 3.8) is 0 Å². The van der Waals surface area contributed by atoms with Crippen LogP contribution in [-0.4, -0.2) is 28.2 Å². The molecule has 5 aliphatic rings. The molecule has 0 bridgehead atoms. The van der Waals surface area contributed by atoms with Crippen LogP contribution >= 0.6 is 0 Å². The summed E-state index contributed by atoms with van der Waals surface area (Å²) in [6.07, 6.45) is 13.1. The summed E-state index contributed by atoms with van der Waals surface area (Å²) < 4.78 is 0. The maximum Gasteiger partial charge on any atom is 0.155 e. The van der Waals surface area contributed by atoms with E-state index in [0.29, 0.717) is 35.4 Å². The van der Waals surface area contributed by atoms with Gasteiger partial charge in [-0.2, -0.15) is 0 Å². The van der Waals surface area contributed by atoms with Gasteiger partial charge in [0.1, 0.15) is 0 Å². The van der Waals surface area contributed by atoms with Crippen LogP contribution in [0.5, 0.6) is 0 Å². The number of aliphatic hydroxyl groups excluding tert-OH is 1. The Bertz CT molecular complexity index is 664. The Morgan fingerprint density at radius 3 is 2.84 bits per heavy atom. The molecule has 0 aromatic heterocycles. The minimum Gasteiger partial charge on any atom is -0.392 e. The van der Waals surface area contributed by atoms with E-state index < -0.39 is 5.60 Å². The van der Waals surface area contributed by atoms with Crippen LogP contribution in [0.1, 0.15) is 51.9 Å². The lowest BCUT2D eigenvalue weighted by atomic mass is 9.49. The van der Waals surface area contributed by atoms with Gasteiger partial charge in [-0.3, -0.25) is 4.79 Å². The lowest BCUT2D eigenvalue weighted by Gasteiger charge is -2.56. The molecule has 3 nitrogen and oxygen atoms in total. The number of fused-ring (bicyclic) bond motifs is 7. The van der Waals surface area contributed by atoms with Crippen LogP contribution in [0.15, 0.2) is 23.8 Å². The van der Waals surface area contributed by atoms with E-state index in [0.717, 1.165) is 38.0 Å². The molecule has 0 aromatic carbocycles. The highest BCUT2D eigenvalue weighted by atomic mass is 16.3. The second-order valence-corrected chi connectivity index (χ2v) is 9.60. The molecule has 0 spiro atoms. The summed E-state index contributed by atoms with van der Waals surface area (Å²) in [5.74, 6) is 4.06. The predicted molar refractivity (Wildman–Crippen MR) is 95.6 cm³/mol. The number of ketones is 1. The van der Waals surface area contributed by atoms with E-state index in [9.17, 15) is 15.0 Å². The maximum absolute atomic E-state index is 11.8. The Morgan fingerprint density at radius 2 is 2.04 bits per heavy atom. The molecule has 136 valence electrons. The van der Waals surface area contributed by atoms with Crippen molar-refractivity contribution in [2.45, 2.75) is 57.5 Å². The molecule has 8 atom stereocenters. The highest BCUT2D eigenvalue weighted by molar-refractivity contribution is 5.91. The molecule has 0 saturated heterocycles. The van der Waals surface area contributed by atoms with Crippen molar-refractivity contribution in [2.75, 3.05) is 6.61 Å². The Morgan fingerprint density at radius 1 is 1.20 bits per heavy atom. The van der Waals surface area contributed by atoms with E-state index >= 15 is 0 Å². The van der Waals surface area contributed by atoms with E-state index in [-0.39, 0.29) is 12.0 Å². The minimum absolute atomic E-state index is 0.0107. The molecule has 0 amide bonds. The molecule has 25 heavy (non-hydrogen) atoms. The molecule has 3 unspecified atom stereocenters. The molecule has 3 heteroatoms. The molecular weight excluding hydrogens is 312 g/mol. The Hall–Kier alpha value is -0.930. The highest BCUT2D eigenvalue weighted by Gasteiger charge is 2.74. The first-order chi connectivity index (χ1) is 12.0. The maximum atomic E-state index is 11.8. The largest absolute Gasteiger partial charge is 0.392 e. The average Bonchev–Trinajstić information content (AvgIpc) is 3.36. The van der Waals surface area contributed by atoms with Crippen molar-refractivity contribution in [1.29, 1.82) is 0 Å². The van der Waals surface area contributed by atoms with Crippen LogP contribution in [0.2, 0.25) is 0 Å². The Balaban J connectivity index is 1.48. The van der Waals surface area contributed by atoms with Crippen LogP contribution in [-0.2, 0) is 4.79 Å². The van der Waals surface area contributed by atoms with Crippen LogP contribution in [0.25, 0.3) is 0 Å². The highest BCUT2D eigenvalue weighted by Crippen LogP contribution is 2.76. The van der Waals surface area contributed by atoms with E-state index in [4.69, 9.17) is 0 Å². The molecule has 0 radical (unpaired) electrons. The van der Waals surface area contributed by atoms with Gasteiger partial charge in [0.25, 0.3) is 0 Å². The summed E-state index contributed by atoms with van der Waals surface area (Å²) in [4.78, 5) is 11.8. The zero-order chi connectivity index (χ0) is 17.4. The van der Waals surface area contributed by atoms with Gasteiger partial charge < -0.3 is 10.2 Å². The van der Waals surface area contributed by atoms with Gasteiger partial charge in [-0.15, -0.1) is 0 Å². The topological polar surface area (TPSA) is 57.5 Å². The van der Waals surface area contributed by atoms with Crippen LogP contribution in [0, 0.1) is 40.9 Å². The summed E-state index contributed by atoms with van der Waals surface area (Å²) in [5.41, 5.74) is 0.662. The van der Waals surface area contributed by atoms with Crippen molar-refractivity contribution in [1.82, 2.24) is 0 Å². The fourth-order valence-electron chi connectivity index (χ4n) is 7.77. The van der Waals surface area contributed by atoms with Gasteiger partial charge in [0.2, 0.25) is 0 Å². The zero-order valence-corrected chi connectivity index (χ0v) is 15.2. The second-order valence-electron chi connectivity index (χ2n) is 9.60. The number of aliphatic hydroxyl groups is 2. The third-order valence-electron chi connectivity index (χ3n) is 8.81. The van der Waals surface area contributed by atoms with Gasteiger partial charge in [-0.05, 0) is 80.1 Å². The Labute approximate surface area is 150 Å². The first-order valence-corrected chi connectivity index (χ1v) is 10.2. The molecular formula is C22H30O3. The number of hydrogen-bond acceptors (Lipinski definition) is 3. The first kappa shape index (κ1) is 16.3. The first-order valence-electron chi connectivity index (χ1n) is 10.2. The third kappa shape index (κ3) is 2.03. The van der Waals surface area contributed by atoms with Crippen molar-refractivity contribution in [3.8, 4) is 0 Å². The molecule has 4 saturated carbocycles. The number of hydrogen-bond donors (Lipinski definition) is 2. The van der Waals surface area contributed by atoms with Gasteiger partial charge in [0.15, 0.2) is 5.78 Å². The molecule has 0 aliphatic heterocycles. The van der Waals surface area contributed by atoms with E-state index in [1.54, 1.807) is 6.08 Å². The second kappa shape index (κ2) is 5.29. The summed E-state index contributed by atoms with van der Waals surface area (Å²) in [6, 6.07) is 0. The van der Waals surface area contributed by atoms with E-state index in [2.05, 4.69) is 6.92 Å². The molecule has 0 aromatic rings. The van der Waals surface area contributed by atoms with Gasteiger partial charge in [0, 0.05) is 11.8 Å². The summed E-state index contributed by atoms with van der Waals surface area (Å²) >= 11 is 0. The molecule has 4 fully saturated rings. The van der Waals surface area contributed by atoms with Crippen LogP contribution in [0.4, 0.5) is 0 Å². The lowest BCUT2D eigenvalue weighted by molar-refractivity contribution is -0.119. The summed E-state index contributed by atoms with van der Waals surface area (Å²) in [5, 5.41) is 20.8. The van der Waals surface area contributed by atoms with Gasteiger partial charge in [-0.1, -0.05) is 24.6 Å². The molecule has 2 N–H and O–H groups in total. The van der Waals surface area contributed by atoms with E-state index in [1.807, 2.05) is 12.2 Å². The number of carbonyl (C=O) groups excluding carboxylic acids is 1. The number of carbonyl (C=O) groups is 1. The van der Waals surface area contributed by atoms with Crippen molar-refractivity contribution >= 4 is 5.78 Å². The monoisotopic (exact) mass is 342 g/mol. The van der Waals surface area contributed by atoms with Crippen LogP contribution in [0.3, 0.4) is 0 Å². The Kier molecular flexibility index (Phi) is 3.44. The van der Waals surface area contributed by atoms with Crippen molar-refractivity contribution in [3.05, 3.63) is 23.8 Å². The fourth-order valence-corrected chi connectivity index (χ4v) is 7.77. The number of allylic oxidation sites excluding steroid dienone is 1. The normalized spacial score (nSPS) is 53.7. The van der Waals surface area contributed by atoms with Crippen LogP contribution < -0.4 is 0 Å². The van der Waals surface area contributed by atoms with Crippen molar-refractivity contribution in [2.24, 2.45) is 40.9 Å². The van der Waals surface area contributed by atoms with Crippen molar-refractivity contribution < 1.29 is 15.0 Å². The summed E-state index contributed by atoms with van der Waals surface area (Å²) in [7, 11) is 0. The standard InChI is InChI=1S/C22H30O3/c1-21-9-7-16-15-6-4-14(24)11-13(15)3-5-17(16)20(21)18-12-19(18)22(21,25)8-2-10-23/h2,8,11,15-20,23,25H,3-7,9-10,12H2,1H3/t15-,16?,17?,18+,19-,20?,21-,22-/m0/s1. The molecule has 0 heterocycles. The average molecular weight is 342 g/mol.